The van der Waals surface area contributed by atoms with Gasteiger partial charge in [-0.1, -0.05) is 30.0 Å². The van der Waals surface area contributed by atoms with Crippen molar-refractivity contribution in [2.24, 2.45) is 0 Å². The molecule has 10 heteroatoms. The van der Waals surface area contributed by atoms with Crippen molar-refractivity contribution in [1.82, 2.24) is 14.3 Å². The Bertz CT molecular complexity index is 1030. The van der Waals surface area contributed by atoms with Crippen molar-refractivity contribution >= 4 is 51.7 Å². The van der Waals surface area contributed by atoms with E-state index in [0.717, 1.165) is 17.3 Å². The number of aliphatic hydroxyl groups is 1. The van der Waals surface area contributed by atoms with Crippen LogP contribution in [0.5, 0.6) is 0 Å². The first-order valence-electron chi connectivity index (χ1n) is 9.09. The molecule has 1 aliphatic rings. The number of hydrogen-bond acceptors (Lipinski definition) is 8. The minimum Gasteiger partial charge on any atom is -0.395 e. The summed E-state index contributed by atoms with van der Waals surface area (Å²) in [6, 6.07) is 3.63. The maximum atomic E-state index is 13.1. The van der Waals surface area contributed by atoms with Crippen molar-refractivity contribution in [3.63, 3.8) is 0 Å². The average molecular weight is 435 g/mol. The Balaban J connectivity index is 2.04. The molecule has 3 rings (SSSR count). The summed E-state index contributed by atoms with van der Waals surface area (Å²) < 4.78 is 6.93. The standard InChI is InChI=1S/C19H22N4O4S2/c1-12-5-3-7-22-16(12)21-15(20-6-9-24)13(17(22)25)11-14-18(26)23(19(28)29-14)8-4-10-27-2/h3,5,7,11,20,24H,4,6,8-10H2,1-2H3/b14-11-. The third kappa shape index (κ3) is 4.50. The number of methoxy groups -OCH3 is 1. The zero-order valence-corrected chi connectivity index (χ0v) is 17.8. The molecule has 2 aromatic rings. The number of aryl methyl sites for hydroxylation is 1. The molecule has 0 spiro atoms. The summed E-state index contributed by atoms with van der Waals surface area (Å²) in [7, 11) is 1.60. The highest BCUT2D eigenvalue weighted by molar-refractivity contribution is 8.26. The van der Waals surface area contributed by atoms with E-state index in [0.29, 0.717) is 40.3 Å². The Morgan fingerprint density at radius 1 is 1.41 bits per heavy atom. The second kappa shape index (κ2) is 9.49. The number of amides is 1. The van der Waals surface area contributed by atoms with Crippen LogP contribution in [0.25, 0.3) is 11.7 Å². The van der Waals surface area contributed by atoms with Crippen LogP contribution in [-0.4, -0.2) is 63.0 Å². The Hall–Kier alpha value is -2.27. The molecule has 0 aliphatic carbocycles. The Morgan fingerprint density at radius 3 is 2.93 bits per heavy atom. The molecule has 0 bridgehead atoms. The van der Waals surface area contributed by atoms with Crippen LogP contribution in [0.1, 0.15) is 17.5 Å². The Labute approximate surface area is 177 Å². The summed E-state index contributed by atoms with van der Waals surface area (Å²) in [5.74, 6) is 0.0842. The number of carbonyl (C=O) groups excluding carboxylic acids is 1. The molecule has 29 heavy (non-hydrogen) atoms. The van der Waals surface area contributed by atoms with Crippen LogP contribution in [0.15, 0.2) is 28.0 Å². The summed E-state index contributed by atoms with van der Waals surface area (Å²) in [5.41, 5.74) is 1.30. The molecular formula is C19H22N4O4S2. The van der Waals surface area contributed by atoms with Gasteiger partial charge in [-0.25, -0.2) is 4.98 Å². The third-order valence-electron chi connectivity index (χ3n) is 4.37. The predicted molar refractivity (Wildman–Crippen MR) is 118 cm³/mol. The topological polar surface area (TPSA) is 96.2 Å². The summed E-state index contributed by atoms with van der Waals surface area (Å²) in [5, 5.41) is 12.1. The van der Waals surface area contributed by atoms with Crippen LogP contribution >= 0.6 is 24.0 Å². The first-order valence-corrected chi connectivity index (χ1v) is 10.3. The maximum absolute atomic E-state index is 13.1. The number of aromatic nitrogens is 2. The highest BCUT2D eigenvalue weighted by Gasteiger charge is 2.32. The van der Waals surface area contributed by atoms with Crippen molar-refractivity contribution < 1.29 is 14.6 Å². The predicted octanol–water partition coefficient (Wildman–Crippen LogP) is 1.64. The van der Waals surface area contributed by atoms with E-state index in [-0.39, 0.29) is 30.2 Å². The smallest absolute Gasteiger partial charge is 0.267 e. The van der Waals surface area contributed by atoms with E-state index in [9.17, 15) is 14.7 Å². The zero-order chi connectivity index (χ0) is 21.0. The van der Waals surface area contributed by atoms with Crippen molar-refractivity contribution in [3.05, 3.63) is 44.7 Å². The second-order valence-electron chi connectivity index (χ2n) is 6.39. The number of nitrogens with zero attached hydrogens (tertiary/aromatic N) is 3. The quantitative estimate of drug-likeness (QED) is 0.368. The van der Waals surface area contributed by atoms with Gasteiger partial charge in [0.2, 0.25) is 0 Å². The molecule has 2 N–H and O–H groups in total. The van der Waals surface area contributed by atoms with Gasteiger partial charge in [-0.05, 0) is 31.1 Å². The molecule has 2 aromatic heterocycles. The number of hydrogen-bond donors (Lipinski definition) is 2. The number of ether oxygens (including phenoxy) is 1. The fraction of sp³-hybridized carbons (Fsp3) is 0.368. The minimum absolute atomic E-state index is 0.115. The van der Waals surface area contributed by atoms with Crippen molar-refractivity contribution in [2.75, 3.05) is 38.7 Å². The highest BCUT2D eigenvalue weighted by Crippen LogP contribution is 2.33. The van der Waals surface area contributed by atoms with Crippen molar-refractivity contribution in [2.45, 2.75) is 13.3 Å². The van der Waals surface area contributed by atoms with Gasteiger partial charge in [-0.2, -0.15) is 0 Å². The van der Waals surface area contributed by atoms with Gasteiger partial charge in [0.1, 0.15) is 15.8 Å². The van der Waals surface area contributed by atoms with E-state index in [2.05, 4.69) is 10.3 Å². The molecule has 1 fully saturated rings. The number of carbonyl (C=O) groups is 1. The Kier molecular flexibility index (Phi) is 7.01. The Morgan fingerprint density at radius 2 is 2.21 bits per heavy atom. The van der Waals surface area contributed by atoms with E-state index in [4.69, 9.17) is 17.0 Å². The van der Waals surface area contributed by atoms with E-state index >= 15 is 0 Å². The van der Waals surface area contributed by atoms with E-state index in [1.165, 1.54) is 15.4 Å². The first-order chi connectivity index (χ1) is 14.0. The van der Waals surface area contributed by atoms with Gasteiger partial charge >= 0.3 is 0 Å². The number of anilines is 1. The van der Waals surface area contributed by atoms with Crippen molar-refractivity contribution in [3.8, 4) is 0 Å². The largest absolute Gasteiger partial charge is 0.395 e. The highest BCUT2D eigenvalue weighted by atomic mass is 32.2. The molecule has 0 aromatic carbocycles. The fourth-order valence-electron chi connectivity index (χ4n) is 2.94. The van der Waals surface area contributed by atoms with E-state index < -0.39 is 0 Å². The number of pyridine rings is 1. The molecule has 8 nitrogen and oxygen atoms in total. The molecule has 3 heterocycles. The summed E-state index contributed by atoms with van der Waals surface area (Å²) in [4.78, 5) is 32.3. The average Bonchev–Trinajstić information content (AvgIpc) is 2.97. The zero-order valence-electron chi connectivity index (χ0n) is 16.2. The summed E-state index contributed by atoms with van der Waals surface area (Å²) in [6.45, 7) is 2.96. The monoisotopic (exact) mass is 434 g/mol. The number of thioether (sulfide) groups is 1. The van der Waals surface area contributed by atoms with Gasteiger partial charge in [0.25, 0.3) is 11.5 Å². The fourth-order valence-corrected chi connectivity index (χ4v) is 4.23. The molecule has 0 unspecified atom stereocenters. The van der Waals surface area contributed by atoms with Gasteiger partial charge < -0.3 is 15.2 Å². The molecular weight excluding hydrogens is 412 g/mol. The van der Waals surface area contributed by atoms with E-state index in [1.54, 1.807) is 19.4 Å². The first kappa shape index (κ1) is 21.4. The molecule has 0 radical (unpaired) electrons. The lowest BCUT2D eigenvalue weighted by Gasteiger charge is -2.13. The van der Waals surface area contributed by atoms with Gasteiger partial charge in [0, 0.05) is 33.0 Å². The van der Waals surface area contributed by atoms with Crippen LogP contribution in [-0.2, 0) is 9.53 Å². The lowest BCUT2D eigenvalue weighted by Crippen LogP contribution is -2.29. The SMILES string of the molecule is COCCCN1C(=O)/C(=C/c2c(NCCO)nc3c(C)cccn3c2=O)SC1=S. The third-order valence-corrected chi connectivity index (χ3v) is 5.75. The van der Waals surface area contributed by atoms with Crippen LogP contribution in [0.3, 0.4) is 0 Å². The second-order valence-corrected chi connectivity index (χ2v) is 8.07. The van der Waals surface area contributed by atoms with E-state index in [1.807, 2.05) is 13.0 Å². The van der Waals surface area contributed by atoms with Crippen LogP contribution in [0, 0.1) is 6.92 Å². The molecule has 1 saturated heterocycles. The van der Waals surface area contributed by atoms with Gasteiger partial charge in [0.15, 0.2) is 0 Å². The van der Waals surface area contributed by atoms with Gasteiger partial charge in [-0.3, -0.25) is 18.9 Å². The van der Waals surface area contributed by atoms with Gasteiger partial charge in [0.05, 0.1) is 17.1 Å². The number of aliphatic hydroxyl groups excluding tert-OH is 1. The number of rotatable bonds is 8. The molecule has 1 aliphatic heterocycles. The lowest BCUT2D eigenvalue weighted by molar-refractivity contribution is -0.122. The maximum Gasteiger partial charge on any atom is 0.267 e. The molecule has 0 atom stereocenters. The molecule has 0 saturated carbocycles. The number of thiocarbonyl (C=S) groups is 1. The van der Waals surface area contributed by atoms with Crippen molar-refractivity contribution in [1.29, 1.82) is 0 Å². The lowest BCUT2D eigenvalue weighted by atomic mass is 10.2. The normalized spacial score (nSPS) is 15.7. The van der Waals surface area contributed by atoms with Crippen LogP contribution in [0.4, 0.5) is 5.82 Å². The summed E-state index contributed by atoms with van der Waals surface area (Å²) >= 11 is 6.49. The van der Waals surface area contributed by atoms with Gasteiger partial charge in [-0.15, -0.1) is 0 Å². The molecule has 154 valence electrons. The summed E-state index contributed by atoms with van der Waals surface area (Å²) in [6.07, 6.45) is 3.83. The minimum atomic E-state index is -0.302. The van der Waals surface area contributed by atoms with Crippen LogP contribution in [0.2, 0.25) is 0 Å². The van der Waals surface area contributed by atoms with Crippen LogP contribution < -0.4 is 10.9 Å². The molecule has 1 amide bonds. The number of nitrogens with one attached hydrogen (secondary N) is 1. The number of fused-ring (bicyclic) bond motifs is 1.